The number of hydrogen-bond acceptors (Lipinski definition) is 2. The average Bonchev–Trinajstić information content (AvgIpc) is 2.94. The molecule has 0 bridgehead atoms. The molecule has 1 heterocycles. The van der Waals surface area contributed by atoms with E-state index in [1.54, 1.807) is 0 Å². The van der Waals surface area contributed by atoms with Crippen molar-refractivity contribution in [3.63, 3.8) is 0 Å². The quantitative estimate of drug-likeness (QED) is 0.828. The number of nitrogens with one attached hydrogen (secondary N) is 1. The van der Waals surface area contributed by atoms with Gasteiger partial charge in [0.2, 0.25) is 0 Å². The summed E-state index contributed by atoms with van der Waals surface area (Å²) in [5, 5.41) is 3.36. The number of rotatable bonds is 3. The molecule has 0 amide bonds. The highest BCUT2D eigenvalue weighted by molar-refractivity contribution is 5.99. The molecular weight excluding hydrogens is 234 g/mol. The maximum atomic E-state index is 12.6. The van der Waals surface area contributed by atoms with E-state index in [2.05, 4.69) is 24.4 Å². The van der Waals surface area contributed by atoms with Gasteiger partial charge in [-0.25, -0.2) is 0 Å². The van der Waals surface area contributed by atoms with Crippen LogP contribution in [0.2, 0.25) is 0 Å². The number of ketones is 1. The molecule has 0 spiro atoms. The molecule has 0 radical (unpaired) electrons. The summed E-state index contributed by atoms with van der Waals surface area (Å²) in [5.41, 5.74) is 3.44. The summed E-state index contributed by atoms with van der Waals surface area (Å²) in [6.45, 7) is 3.27. The zero-order chi connectivity index (χ0) is 13.2. The molecule has 1 aliphatic carbocycles. The molecule has 1 fully saturated rings. The minimum Gasteiger partial charge on any atom is -0.384 e. The van der Waals surface area contributed by atoms with E-state index in [0.717, 1.165) is 37.3 Å². The first-order chi connectivity index (χ1) is 9.28. The van der Waals surface area contributed by atoms with Gasteiger partial charge in [-0.1, -0.05) is 25.5 Å². The smallest absolute Gasteiger partial charge is 0.166 e. The molecule has 2 heteroatoms. The molecule has 3 rings (SSSR count). The van der Waals surface area contributed by atoms with E-state index in [1.165, 1.54) is 30.5 Å². The van der Waals surface area contributed by atoms with Crippen molar-refractivity contribution < 1.29 is 4.79 Å². The van der Waals surface area contributed by atoms with E-state index in [9.17, 15) is 4.79 Å². The maximum Gasteiger partial charge on any atom is 0.166 e. The van der Waals surface area contributed by atoms with Crippen LogP contribution in [0.25, 0.3) is 0 Å². The first-order valence-corrected chi connectivity index (χ1v) is 7.69. The molecule has 2 aliphatic rings. The maximum absolute atomic E-state index is 12.6. The molecule has 1 aliphatic heterocycles. The van der Waals surface area contributed by atoms with Gasteiger partial charge in [-0.2, -0.15) is 0 Å². The molecule has 1 saturated carbocycles. The Balaban J connectivity index is 1.70. The van der Waals surface area contributed by atoms with Gasteiger partial charge in [0.05, 0.1) is 0 Å². The van der Waals surface area contributed by atoms with Crippen LogP contribution in [-0.2, 0) is 6.42 Å². The van der Waals surface area contributed by atoms with Crippen LogP contribution in [0.15, 0.2) is 18.2 Å². The lowest BCUT2D eigenvalue weighted by atomic mass is 9.77. The largest absolute Gasteiger partial charge is 0.384 e. The molecular formula is C17H23NO. The van der Waals surface area contributed by atoms with Crippen molar-refractivity contribution in [3.05, 3.63) is 29.3 Å². The van der Waals surface area contributed by atoms with E-state index in [4.69, 9.17) is 0 Å². The van der Waals surface area contributed by atoms with Gasteiger partial charge in [0, 0.05) is 23.7 Å². The van der Waals surface area contributed by atoms with Crippen molar-refractivity contribution in [2.45, 2.75) is 45.4 Å². The minimum atomic E-state index is 0.266. The molecule has 0 unspecified atom stereocenters. The summed E-state index contributed by atoms with van der Waals surface area (Å²) in [6.07, 6.45) is 6.99. The second-order valence-corrected chi connectivity index (χ2v) is 6.04. The topological polar surface area (TPSA) is 29.1 Å². The van der Waals surface area contributed by atoms with Gasteiger partial charge in [0.15, 0.2) is 5.78 Å². The van der Waals surface area contributed by atoms with Gasteiger partial charge in [-0.05, 0) is 49.7 Å². The molecule has 0 atom stereocenters. The Labute approximate surface area is 115 Å². The molecule has 0 saturated heterocycles. The third-order valence-corrected chi connectivity index (χ3v) is 4.90. The lowest BCUT2D eigenvalue weighted by molar-refractivity contribution is 0.0871. The van der Waals surface area contributed by atoms with Gasteiger partial charge < -0.3 is 5.32 Å². The monoisotopic (exact) mass is 257 g/mol. The average molecular weight is 257 g/mol. The number of benzene rings is 1. The van der Waals surface area contributed by atoms with Crippen molar-refractivity contribution in [3.8, 4) is 0 Å². The van der Waals surface area contributed by atoms with E-state index >= 15 is 0 Å². The van der Waals surface area contributed by atoms with Crippen molar-refractivity contribution in [2.24, 2.45) is 11.8 Å². The summed E-state index contributed by atoms with van der Waals surface area (Å²) in [4.78, 5) is 12.6. The number of Topliss-reactive ketones (excluding diaryl/α,β-unsaturated/α-hetero) is 1. The van der Waals surface area contributed by atoms with Gasteiger partial charge in [-0.3, -0.25) is 4.79 Å². The Hall–Kier alpha value is -1.31. The number of carbonyl (C=O) groups excluding carboxylic acids is 1. The Morgan fingerprint density at radius 3 is 2.79 bits per heavy atom. The van der Waals surface area contributed by atoms with Crippen LogP contribution in [0.4, 0.5) is 5.69 Å². The first kappa shape index (κ1) is 12.7. The molecule has 19 heavy (non-hydrogen) atoms. The standard InChI is InChI=1S/C17H23NO/c1-2-12-3-5-14(6-4-12)17(19)15-8-7-13-9-10-18-16(13)11-15/h7-8,11-12,14,18H,2-6,9-10H2,1H3. The van der Waals surface area contributed by atoms with Crippen molar-refractivity contribution >= 4 is 11.5 Å². The van der Waals surface area contributed by atoms with Gasteiger partial charge in [-0.15, -0.1) is 0 Å². The third-order valence-electron chi connectivity index (χ3n) is 4.90. The second kappa shape index (κ2) is 5.36. The predicted octanol–water partition coefficient (Wildman–Crippen LogP) is 4.05. The van der Waals surface area contributed by atoms with Crippen LogP contribution in [0.5, 0.6) is 0 Å². The van der Waals surface area contributed by atoms with Crippen LogP contribution in [0.3, 0.4) is 0 Å². The van der Waals surface area contributed by atoms with Crippen LogP contribution < -0.4 is 5.32 Å². The van der Waals surface area contributed by atoms with Gasteiger partial charge in [0.25, 0.3) is 0 Å². The lowest BCUT2D eigenvalue weighted by Gasteiger charge is -2.26. The van der Waals surface area contributed by atoms with Crippen molar-refractivity contribution in [2.75, 3.05) is 11.9 Å². The fourth-order valence-corrected chi connectivity index (χ4v) is 3.51. The number of carbonyl (C=O) groups is 1. The van der Waals surface area contributed by atoms with Crippen LogP contribution in [-0.4, -0.2) is 12.3 Å². The molecule has 2 nitrogen and oxygen atoms in total. The summed E-state index contributed by atoms with van der Waals surface area (Å²) < 4.78 is 0. The summed E-state index contributed by atoms with van der Waals surface area (Å²) in [6, 6.07) is 6.22. The Kier molecular flexibility index (Phi) is 3.58. The van der Waals surface area contributed by atoms with Crippen LogP contribution in [0.1, 0.15) is 54.9 Å². The fourth-order valence-electron chi connectivity index (χ4n) is 3.51. The Morgan fingerprint density at radius 2 is 2.05 bits per heavy atom. The number of hydrogen-bond donors (Lipinski definition) is 1. The highest BCUT2D eigenvalue weighted by Gasteiger charge is 2.26. The van der Waals surface area contributed by atoms with Crippen LogP contribution >= 0.6 is 0 Å². The normalized spacial score (nSPS) is 25.7. The lowest BCUT2D eigenvalue weighted by Crippen LogP contribution is -2.21. The Morgan fingerprint density at radius 1 is 1.26 bits per heavy atom. The van der Waals surface area contributed by atoms with Crippen LogP contribution in [0, 0.1) is 11.8 Å². The molecule has 0 aromatic heterocycles. The van der Waals surface area contributed by atoms with E-state index in [1.807, 2.05) is 6.07 Å². The van der Waals surface area contributed by atoms with Crippen molar-refractivity contribution in [1.29, 1.82) is 0 Å². The van der Waals surface area contributed by atoms with Gasteiger partial charge in [0.1, 0.15) is 0 Å². The van der Waals surface area contributed by atoms with E-state index in [-0.39, 0.29) is 5.92 Å². The minimum absolute atomic E-state index is 0.266. The van der Waals surface area contributed by atoms with E-state index < -0.39 is 0 Å². The summed E-state index contributed by atoms with van der Waals surface area (Å²) >= 11 is 0. The summed E-state index contributed by atoms with van der Waals surface area (Å²) in [5.74, 6) is 1.49. The Bertz CT molecular complexity index is 472. The first-order valence-electron chi connectivity index (χ1n) is 7.69. The molecule has 1 aromatic rings. The molecule has 1 N–H and O–H groups in total. The summed E-state index contributed by atoms with van der Waals surface area (Å²) in [7, 11) is 0. The number of fused-ring (bicyclic) bond motifs is 1. The van der Waals surface area contributed by atoms with Crippen molar-refractivity contribution in [1.82, 2.24) is 0 Å². The highest BCUT2D eigenvalue weighted by atomic mass is 16.1. The SMILES string of the molecule is CCC1CCC(C(=O)c2ccc3c(c2)NCC3)CC1. The predicted molar refractivity (Wildman–Crippen MR) is 78.7 cm³/mol. The highest BCUT2D eigenvalue weighted by Crippen LogP contribution is 2.33. The third kappa shape index (κ3) is 2.54. The molecule has 102 valence electrons. The number of anilines is 1. The zero-order valence-corrected chi connectivity index (χ0v) is 11.7. The fraction of sp³-hybridized carbons (Fsp3) is 0.588. The molecule has 1 aromatic carbocycles. The zero-order valence-electron chi connectivity index (χ0n) is 11.7. The second-order valence-electron chi connectivity index (χ2n) is 6.04. The van der Waals surface area contributed by atoms with E-state index in [0.29, 0.717) is 5.78 Å². The van der Waals surface area contributed by atoms with Gasteiger partial charge >= 0.3 is 0 Å².